The largest absolute Gasteiger partial charge is 0.363 e. The minimum absolute atomic E-state index is 0.237. The summed E-state index contributed by atoms with van der Waals surface area (Å²) in [6.45, 7) is 0.940. The summed E-state index contributed by atoms with van der Waals surface area (Å²) in [6.07, 6.45) is 1.89. The van der Waals surface area contributed by atoms with Crippen molar-refractivity contribution in [1.82, 2.24) is 4.90 Å². The Balaban J connectivity index is 2.07. The number of hydrogen-bond acceptors (Lipinski definition) is 2. The van der Waals surface area contributed by atoms with Crippen LogP contribution in [0.4, 0.5) is 0 Å². The second-order valence-electron chi connectivity index (χ2n) is 4.44. The Bertz CT molecular complexity index is 592. The van der Waals surface area contributed by atoms with E-state index in [1.54, 1.807) is 0 Å². The molecule has 0 spiro atoms. The summed E-state index contributed by atoms with van der Waals surface area (Å²) < 4.78 is 0. The van der Waals surface area contributed by atoms with E-state index in [1.165, 1.54) is 10.9 Å². The van der Waals surface area contributed by atoms with Gasteiger partial charge in [-0.15, -0.1) is 0 Å². The molecule has 0 saturated carbocycles. The molecule has 1 unspecified atom stereocenters. The topological polar surface area (TPSA) is 15.6 Å². The molecule has 3 rings (SSSR count). The van der Waals surface area contributed by atoms with Gasteiger partial charge in [-0.25, -0.2) is 0 Å². The van der Waals surface area contributed by atoms with E-state index in [1.807, 2.05) is 25.5 Å². The molecule has 0 aliphatic carbocycles. The molecule has 2 aromatic carbocycles. The van der Waals surface area contributed by atoms with Gasteiger partial charge in [0.1, 0.15) is 0 Å². The molecule has 2 nitrogen and oxygen atoms in total. The highest BCUT2D eigenvalue weighted by Crippen LogP contribution is 2.29. The van der Waals surface area contributed by atoms with E-state index in [9.17, 15) is 0 Å². The zero-order valence-electron chi connectivity index (χ0n) is 9.60. The molecule has 0 aromatic heterocycles. The monoisotopic (exact) mass is 244 g/mol. The highest BCUT2D eigenvalue weighted by atomic mass is 35.5. The lowest BCUT2D eigenvalue weighted by atomic mass is 10.0. The Hall–Kier alpha value is -1.54. The molecule has 1 aliphatic rings. The fourth-order valence-corrected chi connectivity index (χ4v) is 2.45. The van der Waals surface area contributed by atoms with E-state index in [0.29, 0.717) is 0 Å². The smallest absolute Gasteiger partial charge is 0.0941 e. The zero-order valence-corrected chi connectivity index (χ0v) is 10.4. The molecule has 1 heterocycles. The van der Waals surface area contributed by atoms with Gasteiger partial charge in [-0.2, -0.15) is 0 Å². The number of fused-ring (bicyclic) bond motifs is 1. The molecule has 17 heavy (non-hydrogen) atoms. The number of halogens is 1. The number of rotatable bonds is 1. The van der Waals surface area contributed by atoms with Gasteiger partial charge < -0.3 is 4.90 Å². The van der Waals surface area contributed by atoms with E-state index in [-0.39, 0.29) is 6.04 Å². The minimum atomic E-state index is 0.237. The van der Waals surface area contributed by atoms with E-state index in [2.05, 4.69) is 34.2 Å². The molecule has 0 radical (unpaired) electrons. The SMILES string of the molecule is CN1C=NC(c2ccc3cccc(Cl)c3c2)C1. The van der Waals surface area contributed by atoms with E-state index >= 15 is 0 Å². The Kier molecular flexibility index (Phi) is 2.52. The third kappa shape index (κ3) is 1.89. The summed E-state index contributed by atoms with van der Waals surface area (Å²) in [7, 11) is 2.04. The summed E-state index contributed by atoms with van der Waals surface area (Å²) in [5.74, 6) is 0. The normalized spacial score (nSPS) is 19.2. The molecule has 1 aliphatic heterocycles. The fourth-order valence-electron chi connectivity index (χ4n) is 2.21. The second kappa shape index (κ2) is 4.04. The molecule has 0 bridgehead atoms. The van der Waals surface area contributed by atoms with Crippen molar-refractivity contribution in [3.8, 4) is 0 Å². The molecule has 2 aromatic rings. The van der Waals surface area contributed by atoms with Crippen LogP contribution in [-0.2, 0) is 0 Å². The number of aliphatic imine (C=N–C) groups is 1. The summed E-state index contributed by atoms with van der Waals surface area (Å²) in [5, 5.41) is 3.09. The Morgan fingerprint density at radius 3 is 2.94 bits per heavy atom. The van der Waals surface area contributed by atoms with Crippen LogP contribution < -0.4 is 0 Å². The summed E-state index contributed by atoms with van der Waals surface area (Å²) in [4.78, 5) is 6.58. The number of hydrogen-bond donors (Lipinski definition) is 0. The van der Waals surface area contributed by atoms with Crippen LogP contribution in [0.2, 0.25) is 5.02 Å². The molecule has 0 saturated heterocycles. The first-order valence-electron chi connectivity index (χ1n) is 5.66. The van der Waals surface area contributed by atoms with E-state index < -0.39 is 0 Å². The summed E-state index contributed by atoms with van der Waals surface area (Å²) >= 11 is 6.22. The Morgan fingerprint density at radius 2 is 2.18 bits per heavy atom. The van der Waals surface area contributed by atoms with Crippen LogP contribution in [0.1, 0.15) is 11.6 Å². The third-order valence-electron chi connectivity index (χ3n) is 3.14. The first-order valence-corrected chi connectivity index (χ1v) is 6.03. The quantitative estimate of drug-likeness (QED) is 0.750. The molecule has 3 heteroatoms. The molecular weight excluding hydrogens is 232 g/mol. The van der Waals surface area contributed by atoms with Crippen molar-refractivity contribution >= 4 is 28.7 Å². The van der Waals surface area contributed by atoms with Crippen LogP contribution in [0.15, 0.2) is 41.4 Å². The van der Waals surface area contributed by atoms with Crippen LogP contribution >= 0.6 is 11.6 Å². The molecule has 0 fully saturated rings. The molecule has 86 valence electrons. The Labute approximate surface area is 106 Å². The number of nitrogens with zero attached hydrogens (tertiary/aromatic N) is 2. The standard InChI is InChI=1S/C14H13ClN2/c1-17-8-14(16-9-17)11-6-5-10-3-2-4-13(15)12(10)7-11/h2-7,9,14H,8H2,1H3. The highest BCUT2D eigenvalue weighted by Gasteiger charge is 2.16. The minimum Gasteiger partial charge on any atom is -0.363 e. The molecule has 0 N–H and O–H groups in total. The first kappa shape index (κ1) is 10.6. The number of likely N-dealkylation sites (N-methyl/N-ethyl adjacent to an activating group) is 1. The lowest BCUT2D eigenvalue weighted by molar-refractivity contribution is 0.515. The van der Waals surface area contributed by atoms with Gasteiger partial charge in [0.2, 0.25) is 0 Å². The maximum absolute atomic E-state index is 6.22. The van der Waals surface area contributed by atoms with Gasteiger partial charge in [-0.05, 0) is 23.1 Å². The van der Waals surface area contributed by atoms with Crippen LogP contribution in [0.3, 0.4) is 0 Å². The average molecular weight is 245 g/mol. The van der Waals surface area contributed by atoms with Gasteiger partial charge in [-0.3, -0.25) is 4.99 Å². The molecular formula is C14H13ClN2. The third-order valence-corrected chi connectivity index (χ3v) is 3.47. The van der Waals surface area contributed by atoms with Gasteiger partial charge in [0.25, 0.3) is 0 Å². The van der Waals surface area contributed by atoms with Gasteiger partial charge in [0.05, 0.1) is 12.4 Å². The van der Waals surface area contributed by atoms with Crippen LogP contribution in [-0.4, -0.2) is 24.8 Å². The molecule has 0 amide bonds. The van der Waals surface area contributed by atoms with Crippen molar-refractivity contribution in [2.75, 3.05) is 13.6 Å². The van der Waals surface area contributed by atoms with Crippen molar-refractivity contribution in [1.29, 1.82) is 0 Å². The fraction of sp³-hybridized carbons (Fsp3) is 0.214. The van der Waals surface area contributed by atoms with E-state index in [4.69, 9.17) is 11.6 Å². The van der Waals surface area contributed by atoms with Crippen LogP contribution in [0.25, 0.3) is 10.8 Å². The van der Waals surface area contributed by atoms with Crippen molar-refractivity contribution in [3.63, 3.8) is 0 Å². The maximum atomic E-state index is 6.22. The van der Waals surface area contributed by atoms with Crippen LogP contribution in [0.5, 0.6) is 0 Å². The summed E-state index contributed by atoms with van der Waals surface area (Å²) in [6, 6.07) is 12.6. The predicted octanol–water partition coefficient (Wildman–Crippen LogP) is 3.51. The summed E-state index contributed by atoms with van der Waals surface area (Å²) in [5.41, 5.74) is 1.23. The highest BCUT2D eigenvalue weighted by molar-refractivity contribution is 6.35. The Morgan fingerprint density at radius 1 is 1.29 bits per heavy atom. The second-order valence-corrected chi connectivity index (χ2v) is 4.85. The van der Waals surface area contributed by atoms with Crippen LogP contribution in [0, 0.1) is 0 Å². The van der Waals surface area contributed by atoms with Gasteiger partial charge in [-0.1, -0.05) is 35.9 Å². The maximum Gasteiger partial charge on any atom is 0.0941 e. The average Bonchev–Trinajstić information content (AvgIpc) is 2.76. The van der Waals surface area contributed by atoms with Crippen molar-refractivity contribution in [3.05, 3.63) is 47.0 Å². The van der Waals surface area contributed by atoms with Gasteiger partial charge in [0.15, 0.2) is 0 Å². The first-order chi connectivity index (χ1) is 8.24. The zero-order chi connectivity index (χ0) is 11.8. The van der Waals surface area contributed by atoms with Gasteiger partial charge >= 0.3 is 0 Å². The lowest BCUT2D eigenvalue weighted by Crippen LogP contribution is -2.14. The van der Waals surface area contributed by atoms with Crippen molar-refractivity contribution < 1.29 is 0 Å². The number of benzene rings is 2. The van der Waals surface area contributed by atoms with Crippen molar-refractivity contribution in [2.45, 2.75) is 6.04 Å². The lowest BCUT2D eigenvalue weighted by Gasteiger charge is -2.11. The van der Waals surface area contributed by atoms with E-state index in [0.717, 1.165) is 17.0 Å². The predicted molar refractivity (Wildman–Crippen MR) is 72.8 cm³/mol. The van der Waals surface area contributed by atoms with Crippen molar-refractivity contribution in [2.24, 2.45) is 4.99 Å². The van der Waals surface area contributed by atoms with Gasteiger partial charge in [0, 0.05) is 24.0 Å². The molecule has 1 atom stereocenters.